The maximum atomic E-state index is 12.2. The van der Waals surface area contributed by atoms with E-state index in [1.807, 2.05) is 0 Å². The average molecular weight is 247 g/mol. The zero-order chi connectivity index (χ0) is 11.8. The van der Waals surface area contributed by atoms with Crippen molar-refractivity contribution >= 4 is 17.4 Å². The number of anilines is 1. The number of nitrogens with two attached hydrogens (primary N) is 1. The Morgan fingerprint density at radius 1 is 1.33 bits per heavy atom. The Balaban J connectivity index is 3.32. The minimum absolute atomic E-state index is 0.319. The number of pyridine rings is 1. The Labute approximate surface area is 85.9 Å². The Morgan fingerprint density at radius 3 is 2.20 bits per heavy atom. The molecule has 0 aliphatic rings. The minimum atomic E-state index is -4.77. The van der Waals surface area contributed by atoms with E-state index in [0.717, 1.165) is 0 Å². The summed E-state index contributed by atoms with van der Waals surface area (Å²) in [6.07, 6.45) is -7.83. The molecule has 1 heterocycles. The van der Waals surface area contributed by atoms with E-state index < -0.39 is 34.7 Å². The van der Waals surface area contributed by atoms with Gasteiger partial charge in [-0.1, -0.05) is 11.6 Å². The first-order valence-corrected chi connectivity index (χ1v) is 3.92. The van der Waals surface area contributed by atoms with E-state index in [4.69, 9.17) is 17.3 Å². The first kappa shape index (κ1) is 12.0. The molecule has 0 aromatic carbocycles. The molecule has 0 amide bonds. The largest absolute Gasteiger partial charge is 0.433 e. The molecule has 0 bridgehead atoms. The molecule has 15 heavy (non-hydrogen) atoms. The van der Waals surface area contributed by atoms with E-state index in [1.165, 1.54) is 0 Å². The van der Waals surface area contributed by atoms with Gasteiger partial charge in [0, 0.05) is 0 Å². The molecule has 1 rings (SSSR count). The molecule has 0 radical (unpaired) electrons. The number of aromatic nitrogens is 1. The van der Waals surface area contributed by atoms with Crippen LogP contribution in [-0.4, -0.2) is 4.98 Å². The van der Waals surface area contributed by atoms with E-state index in [-0.39, 0.29) is 0 Å². The molecule has 0 aliphatic carbocycles. The van der Waals surface area contributed by atoms with E-state index >= 15 is 0 Å². The fourth-order valence-electron chi connectivity index (χ4n) is 0.904. The highest BCUT2D eigenvalue weighted by Gasteiger charge is 2.34. The number of alkyl halides is 5. The Kier molecular flexibility index (Phi) is 3.03. The summed E-state index contributed by atoms with van der Waals surface area (Å²) in [4.78, 5) is 2.81. The summed E-state index contributed by atoms with van der Waals surface area (Å²) in [5.74, 6) is -0.912. The van der Waals surface area contributed by atoms with Gasteiger partial charge in [-0.05, 0) is 6.07 Å². The predicted octanol–water partition coefficient (Wildman–Crippen LogP) is 3.27. The van der Waals surface area contributed by atoms with E-state index in [2.05, 4.69) is 4.98 Å². The summed E-state index contributed by atoms with van der Waals surface area (Å²) in [5.41, 5.74) is 2.67. The Hall–Kier alpha value is -1.11. The number of halogens is 6. The predicted molar refractivity (Wildman–Crippen MR) is 43.6 cm³/mol. The van der Waals surface area contributed by atoms with Crippen LogP contribution in [0.5, 0.6) is 0 Å². The first-order valence-electron chi connectivity index (χ1n) is 3.54. The molecule has 0 fully saturated rings. The lowest BCUT2D eigenvalue weighted by Crippen LogP contribution is -2.11. The minimum Gasteiger partial charge on any atom is -0.383 e. The fraction of sp³-hybridized carbons (Fsp3) is 0.286. The van der Waals surface area contributed by atoms with Gasteiger partial charge in [-0.25, -0.2) is 13.8 Å². The molecule has 0 unspecified atom stereocenters. The van der Waals surface area contributed by atoms with Gasteiger partial charge in [0.15, 0.2) is 0 Å². The summed E-state index contributed by atoms with van der Waals surface area (Å²) in [5, 5.41) is -0.746. The fourth-order valence-corrected chi connectivity index (χ4v) is 1.19. The van der Waals surface area contributed by atoms with Gasteiger partial charge in [0.2, 0.25) is 0 Å². The molecule has 0 saturated heterocycles. The van der Waals surface area contributed by atoms with Gasteiger partial charge in [0.1, 0.15) is 11.5 Å². The Morgan fingerprint density at radius 2 is 1.87 bits per heavy atom. The van der Waals surface area contributed by atoms with Gasteiger partial charge in [-0.2, -0.15) is 13.2 Å². The summed E-state index contributed by atoms with van der Waals surface area (Å²) in [6, 6.07) is 0.319. The van der Waals surface area contributed by atoms with Crippen molar-refractivity contribution in [3.63, 3.8) is 0 Å². The zero-order valence-electron chi connectivity index (χ0n) is 6.95. The molecular formula is C7H4ClF5N2. The number of hydrogen-bond donors (Lipinski definition) is 1. The molecule has 8 heteroatoms. The normalized spacial score (nSPS) is 12.2. The second-order valence-electron chi connectivity index (χ2n) is 2.59. The molecule has 0 spiro atoms. The lowest BCUT2D eigenvalue weighted by Gasteiger charge is -2.11. The van der Waals surface area contributed by atoms with E-state index in [1.54, 1.807) is 0 Å². The first-order chi connectivity index (χ1) is 6.73. The molecular weight excluding hydrogens is 243 g/mol. The number of hydrogen-bond acceptors (Lipinski definition) is 2. The third kappa shape index (κ3) is 2.47. The van der Waals surface area contributed by atoms with E-state index in [9.17, 15) is 22.0 Å². The lowest BCUT2D eigenvalue weighted by molar-refractivity contribution is -0.141. The van der Waals surface area contributed by atoms with Crippen molar-refractivity contribution in [3.8, 4) is 0 Å². The van der Waals surface area contributed by atoms with Gasteiger partial charge in [0.05, 0.1) is 10.6 Å². The molecule has 2 N–H and O–H groups in total. The maximum Gasteiger partial charge on any atom is 0.433 e. The standard InChI is InChI=1S/C7H4ClF5N2/c8-2-1-3(7(11,12)13)15-6(14)4(2)5(9)10/h1,5H,(H2,14,15). The summed E-state index contributed by atoms with van der Waals surface area (Å²) >= 11 is 5.24. The van der Waals surface area contributed by atoms with Crippen LogP contribution in [0.4, 0.5) is 27.8 Å². The highest BCUT2D eigenvalue weighted by atomic mass is 35.5. The number of nitrogens with zero attached hydrogens (tertiary/aromatic N) is 1. The highest BCUT2D eigenvalue weighted by Crippen LogP contribution is 2.36. The third-order valence-corrected chi connectivity index (χ3v) is 1.86. The van der Waals surface area contributed by atoms with Crippen molar-refractivity contribution in [1.82, 2.24) is 4.98 Å². The second kappa shape index (κ2) is 3.80. The SMILES string of the molecule is Nc1nc(C(F)(F)F)cc(Cl)c1C(F)F. The van der Waals surface area contributed by atoms with Crippen LogP contribution in [-0.2, 0) is 6.18 Å². The molecule has 1 aromatic heterocycles. The van der Waals surface area contributed by atoms with Crippen molar-refractivity contribution in [3.05, 3.63) is 22.3 Å². The second-order valence-corrected chi connectivity index (χ2v) is 2.99. The van der Waals surface area contributed by atoms with Crippen LogP contribution in [0.3, 0.4) is 0 Å². The summed E-state index contributed by atoms with van der Waals surface area (Å²) < 4.78 is 60.8. The molecule has 0 saturated carbocycles. The van der Waals surface area contributed by atoms with Crippen molar-refractivity contribution in [2.24, 2.45) is 0 Å². The lowest BCUT2D eigenvalue weighted by atomic mass is 10.2. The molecule has 0 atom stereocenters. The quantitative estimate of drug-likeness (QED) is 0.773. The van der Waals surface area contributed by atoms with Gasteiger partial charge in [-0.15, -0.1) is 0 Å². The van der Waals surface area contributed by atoms with Crippen LogP contribution in [0.25, 0.3) is 0 Å². The van der Waals surface area contributed by atoms with Crippen LogP contribution in [0.2, 0.25) is 5.02 Å². The summed E-state index contributed by atoms with van der Waals surface area (Å²) in [6.45, 7) is 0. The van der Waals surface area contributed by atoms with Crippen LogP contribution in [0.15, 0.2) is 6.07 Å². The maximum absolute atomic E-state index is 12.2. The highest BCUT2D eigenvalue weighted by molar-refractivity contribution is 6.31. The zero-order valence-corrected chi connectivity index (χ0v) is 7.70. The van der Waals surface area contributed by atoms with Crippen LogP contribution in [0, 0.1) is 0 Å². The van der Waals surface area contributed by atoms with Crippen LogP contribution >= 0.6 is 11.6 Å². The van der Waals surface area contributed by atoms with Gasteiger partial charge >= 0.3 is 6.18 Å². The van der Waals surface area contributed by atoms with Gasteiger partial charge in [-0.3, -0.25) is 0 Å². The van der Waals surface area contributed by atoms with Crippen molar-refractivity contribution in [2.45, 2.75) is 12.6 Å². The van der Waals surface area contributed by atoms with Crippen LogP contribution < -0.4 is 5.73 Å². The third-order valence-electron chi connectivity index (χ3n) is 1.55. The van der Waals surface area contributed by atoms with Crippen LogP contribution in [0.1, 0.15) is 17.7 Å². The smallest absolute Gasteiger partial charge is 0.383 e. The topological polar surface area (TPSA) is 38.9 Å². The van der Waals surface area contributed by atoms with Gasteiger partial charge < -0.3 is 5.73 Å². The number of nitrogen functional groups attached to an aromatic ring is 1. The Bertz CT molecular complexity index is 353. The molecule has 0 aliphatic heterocycles. The number of rotatable bonds is 1. The van der Waals surface area contributed by atoms with Crippen molar-refractivity contribution in [1.29, 1.82) is 0 Å². The monoisotopic (exact) mass is 246 g/mol. The molecule has 1 aromatic rings. The molecule has 2 nitrogen and oxygen atoms in total. The average Bonchev–Trinajstić information content (AvgIpc) is 1.99. The summed E-state index contributed by atoms with van der Waals surface area (Å²) in [7, 11) is 0. The van der Waals surface area contributed by atoms with Crippen molar-refractivity contribution < 1.29 is 22.0 Å². The molecule has 84 valence electrons. The van der Waals surface area contributed by atoms with Gasteiger partial charge in [0.25, 0.3) is 6.43 Å². The van der Waals surface area contributed by atoms with E-state index in [0.29, 0.717) is 6.07 Å². The van der Waals surface area contributed by atoms with Crippen molar-refractivity contribution in [2.75, 3.05) is 5.73 Å².